The third kappa shape index (κ3) is 4.35. The molecule has 3 N–H and O–H groups in total. The Morgan fingerprint density at radius 1 is 1.20 bits per heavy atom. The van der Waals surface area contributed by atoms with Gasteiger partial charge >= 0.3 is 0 Å². The Kier molecular flexibility index (Phi) is 5.55. The topological polar surface area (TPSA) is 68.0 Å². The second-order valence-corrected chi connectivity index (χ2v) is 5.46. The van der Waals surface area contributed by atoms with E-state index in [4.69, 9.17) is 5.73 Å². The minimum absolute atomic E-state index is 0.665. The highest BCUT2D eigenvalue weighted by Crippen LogP contribution is 2.25. The van der Waals surface area contributed by atoms with Gasteiger partial charge in [-0.05, 0) is 25.0 Å². The summed E-state index contributed by atoms with van der Waals surface area (Å²) in [4.78, 5) is 14.7. The van der Waals surface area contributed by atoms with Crippen LogP contribution in [-0.2, 0) is 4.79 Å². The molecule has 2 rings (SSSR count). The number of hydrogen-bond acceptors (Lipinski definition) is 5. The molecule has 2 aromatic rings. The highest BCUT2D eigenvalue weighted by atomic mass is 32.1. The van der Waals surface area contributed by atoms with Crippen LogP contribution >= 0.6 is 11.3 Å². The molecule has 0 unspecified atom stereocenters. The number of nitrogens with zero attached hydrogens (tertiary/aromatic N) is 1. The predicted octanol–water partition coefficient (Wildman–Crippen LogP) is 3.56. The predicted molar refractivity (Wildman–Crippen MR) is 85.0 cm³/mol. The van der Waals surface area contributed by atoms with Crippen LogP contribution in [0.5, 0.6) is 0 Å². The van der Waals surface area contributed by atoms with Gasteiger partial charge in [0.15, 0.2) is 5.13 Å². The molecule has 0 amide bonds. The summed E-state index contributed by atoms with van der Waals surface area (Å²) in [6.07, 6.45) is 4.75. The summed E-state index contributed by atoms with van der Waals surface area (Å²) >= 11 is 1.61. The number of nitrogens with two attached hydrogens (primary N) is 1. The van der Waals surface area contributed by atoms with E-state index in [0.717, 1.165) is 54.2 Å². The second kappa shape index (κ2) is 7.65. The zero-order chi connectivity index (χ0) is 14.2. The fourth-order valence-electron chi connectivity index (χ4n) is 1.87. The number of rotatable bonds is 8. The van der Waals surface area contributed by atoms with Crippen LogP contribution in [0.2, 0.25) is 0 Å². The fraction of sp³-hybridized carbons (Fsp3) is 0.333. The number of aromatic nitrogens is 1. The summed E-state index contributed by atoms with van der Waals surface area (Å²) in [5.41, 5.74) is 8.48. The molecule has 20 heavy (non-hydrogen) atoms. The fourth-order valence-corrected chi connectivity index (χ4v) is 2.61. The molecular weight excluding hydrogens is 270 g/mol. The zero-order valence-electron chi connectivity index (χ0n) is 11.3. The van der Waals surface area contributed by atoms with Gasteiger partial charge in [0.1, 0.15) is 6.29 Å². The summed E-state index contributed by atoms with van der Waals surface area (Å²) in [5, 5.41) is 6.30. The van der Waals surface area contributed by atoms with Crippen molar-refractivity contribution in [2.45, 2.75) is 25.7 Å². The first-order valence-corrected chi connectivity index (χ1v) is 7.66. The minimum Gasteiger partial charge on any atom is -0.399 e. The highest BCUT2D eigenvalue weighted by molar-refractivity contribution is 7.14. The number of carbonyl (C=O) groups is 1. The first-order valence-electron chi connectivity index (χ1n) is 6.78. The Balaban J connectivity index is 1.80. The molecule has 0 saturated heterocycles. The average molecular weight is 289 g/mol. The number of carbonyl (C=O) groups excluding carboxylic acids is 1. The summed E-state index contributed by atoms with van der Waals surface area (Å²) in [7, 11) is 0. The smallest absolute Gasteiger partial charge is 0.183 e. The number of nitrogen functional groups attached to an aromatic ring is 1. The molecule has 1 aromatic carbocycles. The van der Waals surface area contributed by atoms with Crippen LogP contribution in [0.25, 0.3) is 11.3 Å². The van der Waals surface area contributed by atoms with E-state index in [-0.39, 0.29) is 0 Å². The molecule has 0 atom stereocenters. The van der Waals surface area contributed by atoms with E-state index in [1.54, 1.807) is 11.3 Å². The second-order valence-electron chi connectivity index (χ2n) is 4.60. The van der Waals surface area contributed by atoms with Gasteiger partial charge in [-0.15, -0.1) is 11.3 Å². The van der Waals surface area contributed by atoms with Gasteiger partial charge in [0, 0.05) is 29.6 Å². The van der Waals surface area contributed by atoms with Crippen molar-refractivity contribution in [2.75, 3.05) is 17.6 Å². The standard InChI is InChI=1S/C15H19N3OS/c16-13-7-5-12(6-8-13)14-11-20-15(18-14)17-9-3-1-2-4-10-19/h5-8,10-11H,1-4,9,16H2,(H,17,18). The lowest BCUT2D eigenvalue weighted by Crippen LogP contribution is -2.00. The van der Waals surface area contributed by atoms with Gasteiger partial charge < -0.3 is 15.8 Å². The van der Waals surface area contributed by atoms with Gasteiger partial charge in [0.25, 0.3) is 0 Å². The molecule has 1 heterocycles. The molecule has 0 aliphatic carbocycles. The van der Waals surface area contributed by atoms with Gasteiger partial charge in [-0.2, -0.15) is 0 Å². The lowest BCUT2D eigenvalue weighted by atomic mass is 10.1. The van der Waals surface area contributed by atoms with Gasteiger partial charge in [-0.25, -0.2) is 4.98 Å². The SMILES string of the molecule is Nc1ccc(-c2csc(NCCCCCC=O)n2)cc1. The number of anilines is 2. The highest BCUT2D eigenvalue weighted by Gasteiger charge is 2.03. The molecule has 0 bridgehead atoms. The molecule has 0 aliphatic rings. The number of unbranched alkanes of at least 4 members (excludes halogenated alkanes) is 3. The number of hydrogen-bond donors (Lipinski definition) is 2. The van der Waals surface area contributed by atoms with Crippen molar-refractivity contribution in [3.05, 3.63) is 29.6 Å². The van der Waals surface area contributed by atoms with Crippen molar-refractivity contribution >= 4 is 28.4 Å². The van der Waals surface area contributed by atoms with Crippen molar-refractivity contribution in [1.82, 2.24) is 4.98 Å². The maximum Gasteiger partial charge on any atom is 0.183 e. The third-order valence-corrected chi connectivity index (χ3v) is 3.79. The zero-order valence-corrected chi connectivity index (χ0v) is 12.2. The van der Waals surface area contributed by atoms with Gasteiger partial charge in [-0.3, -0.25) is 0 Å². The third-order valence-electron chi connectivity index (χ3n) is 2.99. The van der Waals surface area contributed by atoms with Crippen LogP contribution in [0, 0.1) is 0 Å². The molecule has 0 fully saturated rings. The van der Waals surface area contributed by atoms with Crippen molar-refractivity contribution in [2.24, 2.45) is 0 Å². The molecule has 5 heteroatoms. The number of aldehydes is 1. The average Bonchev–Trinajstić information content (AvgIpc) is 2.92. The Morgan fingerprint density at radius 2 is 2.00 bits per heavy atom. The van der Waals surface area contributed by atoms with Crippen LogP contribution < -0.4 is 11.1 Å². The number of nitrogens with one attached hydrogen (secondary N) is 1. The van der Waals surface area contributed by atoms with Crippen molar-refractivity contribution < 1.29 is 4.79 Å². The van der Waals surface area contributed by atoms with E-state index in [2.05, 4.69) is 10.3 Å². The van der Waals surface area contributed by atoms with E-state index >= 15 is 0 Å². The summed E-state index contributed by atoms with van der Waals surface area (Å²) < 4.78 is 0. The maximum absolute atomic E-state index is 10.2. The lowest BCUT2D eigenvalue weighted by molar-refractivity contribution is -0.107. The molecular formula is C15H19N3OS. The van der Waals surface area contributed by atoms with E-state index in [0.29, 0.717) is 6.42 Å². The lowest BCUT2D eigenvalue weighted by Gasteiger charge is -2.01. The molecule has 0 radical (unpaired) electrons. The molecule has 106 valence electrons. The largest absolute Gasteiger partial charge is 0.399 e. The van der Waals surface area contributed by atoms with Crippen LogP contribution in [0.1, 0.15) is 25.7 Å². The Bertz CT molecular complexity index is 536. The number of benzene rings is 1. The Morgan fingerprint density at radius 3 is 2.75 bits per heavy atom. The maximum atomic E-state index is 10.2. The molecule has 0 aliphatic heterocycles. The monoisotopic (exact) mass is 289 g/mol. The first-order chi connectivity index (χ1) is 9.79. The van der Waals surface area contributed by atoms with E-state index in [9.17, 15) is 4.79 Å². The van der Waals surface area contributed by atoms with Crippen molar-refractivity contribution in [1.29, 1.82) is 0 Å². The van der Waals surface area contributed by atoms with E-state index in [1.165, 1.54) is 0 Å². The first kappa shape index (κ1) is 14.5. The van der Waals surface area contributed by atoms with Crippen LogP contribution in [0.15, 0.2) is 29.6 Å². The van der Waals surface area contributed by atoms with Crippen LogP contribution in [0.3, 0.4) is 0 Å². The molecule has 0 saturated carbocycles. The molecule has 1 aromatic heterocycles. The van der Waals surface area contributed by atoms with E-state index < -0.39 is 0 Å². The minimum atomic E-state index is 0.665. The van der Waals surface area contributed by atoms with Gasteiger partial charge in [0.05, 0.1) is 5.69 Å². The molecule has 0 spiro atoms. The Labute approximate surface area is 123 Å². The van der Waals surface area contributed by atoms with Gasteiger partial charge in [0.2, 0.25) is 0 Å². The van der Waals surface area contributed by atoms with Crippen LogP contribution in [0.4, 0.5) is 10.8 Å². The number of thiazole rings is 1. The summed E-state index contributed by atoms with van der Waals surface area (Å²) in [6.45, 7) is 0.896. The summed E-state index contributed by atoms with van der Waals surface area (Å²) in [6, 6.07) is 7.73. The summed E-state index contributed by atoms with van der Waals surface area (Å²) in [5.74, 6) is 0. The van der Waals surface area contributed by atoms with E-state index in [1.807, 2.05) is 29.6 Å². The normalized spacial score (nSPS) is 10.4. The molecule has 4 nitrogen and oxygen atoms in total. The van der Waals surface area contributed by atoms with Crippen LogP contribution in [-0.4, -0.2) is 17.8 Å². The van der Waals surface area contributed by atoms with Crippen molar-refractivity contribution in [3.8, 4) is 11.3 Å². The quantitative estimate of drug-likeness (QED) is 0.443. The van der Waals surface area contributed by atoms with Gasteiger partial charge in [-0.1, -0.05) is 18.6 Å². The van der Waals surface area contributed by atoms with Crippen molar-refractivity contribution in [3.63, 3.8) is 0 Å². The Hall–Kier alpha value is -1.88.